The van der Waals surface area contributed by atoms with Crippen LogP contribution < -0.4 is 5.48 Å². The van der Waals surface area contributed by atoms with Crippen molar-refractivity contribution < 1.29 is 14.8 Å². The fraction of sp³-hybridized carbons (Fsp3) is 0.111. The third-order valence-corrected chi connectivity index (χ3v) is 4.87. The highest BCUT2D eigenvalue weighted by Crippen LogP contribution is 2.34. The molecule has 0 aliphatic rings. The molecule has 0 radical (unpaired) electrons. The molecule has 0 spiro atoms. The first kappa shape index (κ1) is 16.2. The number of hydroxylamine groups is 1. The molecule has 2 aromatic carbocycles. The molecule has 3 rings (SSSR count). The average molecular weight is 340 g/mol. The van der Waals surface area contributed by atoms with Crippen LogP contribution in [0.5, 0.6) is 0 Å². The van der Waals surface area contributed by atoms with Gasteiger partial charge in [0.25, 0.3) is 11.8 Å². The van der Waals surface area contributed by atoms with Crippen LogP contribution >= 0.6 is 11.3 Å². The highest BCUT2D eigenvalue weighted by molar-refractivity contribution is 7.22. The van der Waals surface area contributed by atoms with E-state index in [2.05, 4.69) is 0 Å². The summed E-state index contributed by atoms with van der Waals surface area (Å²) in [7, 11) is 3.45. The minimum atomic E-state index is -0.531. The summed E-state index contributed by atoms with van der Waals surface area (Å²) in [5.74, 6) is -0.561. The standard InChI is InChI=1S/C18H16N2O3S/c1-20(2)18(22)12-5-3-11(4-6-12)16-10-14-9-13(17(21)19-23)7-8-15(14)24-16/h3-10,23H,1-2H3,(H,19,21). The van der Waals surface area contributed by atoms with E-state index in [1.54, 1.807) is 47.9 Å². The first-order valence-electron chi connectivity index (χ1n) is 7.29. The largest absolute Gasteiger partial charge is 0.345 e. The van der Waals surface area contributed by atoms with E-state index in [0.29, 0.717) is 11.1 Å². The number of thiophene rings is 1. The molecule has 5 nitrogen and oxygen atoms in total. The van der Waals surface area contributed by atoms with Crippen molar-refractivity contribution in [1.82, 2.24) is 10.4 Å². The number of hydrogen-bond acceptors (Lipinski definition) is 4. The van der Waals surface area contributed by atoms with Crippen molar-refractivity contribution in [2.75, 3.05) is 14.1 Å². The van der Waals surface area contributed by atoms with Gasteiger partial charge in [0.15, 0.2) is 0 Å². The molecule has 0 unspecified atom stereocenters. The molecule has 0 fully saturated rings. The number of carbonyl (C=O) groups is 2. The van der Waals surface area contributed by atoms with Crippen LogP contribution in [0.3, 0.4) is 0 Å². The summed E-state index contributed by atoms with van der Waals surface area (Å²) in [6, 6.07) is 14.7. The van der Waals surface area contributed by atoms with Crippen LogP contribution in [0.15, 0.2) is 48.5 Å². The van der Waals surface area contributed by atoms with Gasteiger partial charge in [-0.15, -0.1) is 11.3 Å². The Kier molecular flexibility index (Phi) is 4.33. The molecule has 0 aliphatic heterocycles. The van der Waals surface area contributed by atoms with Crippen molar-refractivity contribution in [3.63, 3.8) is 0 Å². The molecule has 122 valence electrons. The third-order valence-electron chi connectivity index (χ3n) is 3.70. The Labute approximate surface area is 143 Å². The van der Waals surface area contributed by atoms with Crippen LogP contribution in [0.4, 0.5) is 0 Å². The first-order valence-corrected chi connectivity index (χ1v) is 8.11. The summed E-state index contributed by atoms with van der Waals surface area (Å²) >= 11 is 1.61. The van der Waals surface area contributed by atoms with Gasteiger partial charge >= 0.3 is 0 Å². The monoisotopic (exact) mass is 340 g/mol. The molecular weight excluding hydrogens is 324 g/mol. The zero-order valence-electron chi connectivity index (χ0n) is 13.2. The van der Waals surface area contributed by atoms with Gasteiger partial charge in [0.1, 0.15) is 0 Å². The zero-order chi connectivity index (χ0) is 17.3. The number of fused-ring (bicyclic) bond motifs is 1. The van der Waals surface area contributed by atoms with Gasteiger partial charge in [0.2, 0.25) is 0 Å². The molecule has 0 saturated carbocycles. The molecule has 0 atom stereocenters. The lowest BCUT2D eigenvalue weighted by Crippen LogP contribution is -2.21. The van der Waals surface area contributed by atoms with E-state index in [-0.39, 0.29) is 5.91 Å². The molecule has 0 bridgehead atoms. The number of hydrogen-bond donors (Lipinski definition) is 2. The molecule has 24 heavy (non-hydrogen) atoms. The van der Waals surface area contributed by atoms with Crippen LogP contribution in [0, 0.1) is 0 Å². The van der Waals surface area contributed by atoms with Crippen molar-refractivity contribution in [3.8, 4) is 10.4 Å². The van der Waals surface area contributed by atoms with Crippen LogP contribution in [0.2, 0.25) is 0 Å². The quantitative estimate of drug-likeness (QED) is 0.567. The van der Waals surface area contributed by atoms with Gasteiger partial charge in [0.05, 0.1) is 0 Å². The molecule has 2 N–H and O–H groups in total. The lowest BCUT2D eigenvalue weighted by molar-refractivity contribution is 0.0706. The number of carbonyl (C=O) groups excluding carboxylic acids is 2. The van der Waals surface area contributed by atoms with E-state index >= 15 is 0 Å². The normalized spacial score (nSPS) is 10.6. The summed E-state index contributed by atoms with van der Waals surface area (Å²) in [5, 5.41) is 9.66. The van der Waals surface area contributed by atoms with Crippen molar-refractivity contribution in [1.29, 1.82) is 0 Å². The second kappa shape index (κ2) is 6.43. The maximum Gasteiger partial charge on any atom is 0.274 e. The Morgan fingerprint density at radius 3 is 2.29 bits per heavy atom. The molecular formula is C18H16N2O3S. The first-order chi connectivity index (χ1) is 11.5. The predicted molar refractivity (Wildman–Crippen MR) is 94.5 cm³/mol. The smallest absolute Gasteiger partial charge is 0.274 e. The Morgan fingerprint density at radius 1 is 1.00 bits per heavy atom. The Bertz CT molecular complexity index is 914. The number of nitrogens with zero attached hydrogens (tertiary/aromatic N) is 1. The van der Waals surface area contributed by atoms with Crippen LogP contribution in [0.25, 0.3) is 20.5 Å². The van der Waals surface area contributed by atoms with E-state index in [4.69, 9.17) is 5.21 Å². The summed E-state index contributed by atoms with van der Waals surface area (Å²) in [4.78, 5) is 26.0. The van der Waals surface area contributed by atoms with E-state index in [0.717, 1.165) is 20.5 Å². The maximum absolute atomic E-state index is 11.9. The molecule has 3 aromatic rings. The topological polar surface area (TPSA) is 69.6 Å². The average Bonchev–Trinajstić information content (AvgIpc) is 3.03. The Balaban J connectivity index is 1.94. The van der Waals surface area contributed by atoms with E-state index < -0.39 is 5.91 Å². The summed E-state index contributed by atoms with van der Waals surface area (Å²) in [6.07, 6.45) is 0. The lowest BCUT2D eigenvalue weighted by Gasteiger charge is -2.10. The van der Waals surface area contributed by atoms with Crippen molar-refractivity contribution in [3.05, 3.63) is 59.7 Å². The highest BCUT2D eigenvalue weighted by Gasteiger charge is 2.11. The Morgan fingerprint density at radius 2 is 1.67 bits per heavy atom. The van der Waals surface area contributed by atoms with Crippen LogP contribution in [-0.4, -0.2) is 36.0 Å². The molecule has 6 heteroatoms. The van der Waals surface area contributed by atoms with Crippen molar-refractivity contribution >= 4 is 33.2 Å². The van der Waals surface area contributed by atoms with Gasteiger partial charge in [0, 0.05) is 34.8 Å². The number of nitrogens with one attached hydrogen (secondary N) is 1. The number of rotatable bonds is 3. The maximum atomic E-state index is 11.9. The molecule has 1 aromatic heterocycles. The van der Waals surface area contributed by atoms with Crippen molar-refractivity contribution in [2.24, 2.45) is 0 Å². The third kappa shape index (κ3) is 3.02. The number of benzene rings is 2. The predicted octanol–water partition coefficient (Wildman–Crippen LogP) is 3.39. The van der Waals surface area contributed by atoms with E-state index in [1.165, 1.54) is 0 Å². The van der Waals surface area contributed by atoms with Crippen LogP contribution in [-0.2, 0) is 0 Å². The fourth-order valence-electron chi connectivity index (χ4n) is 2.43. The second-order valence-electron chi connectivity index (χ2n) is 5.58. The van der Waals surface area contributed by atoms with Gasteiger partial charge < -0.3 is 4.90 Å². The zero-order valence-corrected chi connectivity index (χ0v) is 14.1. The van der Waals surface area contributed by atoms with Gasteiger partial charge in [-0.2, -0.15) is 0 Å². The number of amides is 2. The molecule has 1 heterocycles. The van der Waals surface area contributed by atoms with E-state index in [9.17, 15) is 9.59 Å². The second-order valence-corrected chi connectivity index (χ2v) is 6.66. The summed E-state index contributed by atoms with van der Waals surface area (Å²) in [6.45, 7) is 0. The fourth-order valence-corrected chi connectivity index (χ4v) is 3.48. The molecule has 0 saturated heterocycles. The SMILES string of the molecule is CN(C)C(=O)c1ccc(-c2cc3cc(C(=O)NO)ccc3s2)cc1. The van der Waals surface area contributed by atoms with E-state index in [1.807, 2.05) is 36.4 Å². The lowest BCUT2D eigenvalue weighted by atomic mass is 10.1. The summed E-state index contributed by atoms with van der Waals surface area (Å²) < 4.78 is 1.05. The summed E-state index contributed by atoms with van der Waals surface area (Å²) in [5.41, 5.74) is 3.70. The Hall–Kier alpha value is -2.70. The van der Waals surface area contributed by atoms with Gasteiger partial charge in [-0.1, -0.05) is 12.1 Å². The van der Waals surface area contributed by atoms with Gasteiger partial charge in [-0.25, -0.2) is 5.48 Å². The molecule has 0 aliphatic carbocycles. The minimum Gasteiger partial charge on any atom is -0.345 e. The van der Waals surface area contributed by atoms with Crippen molar-refractivity contribution in [2.45, 2.75) is 0 Å². The van der Waals surface area contributed by atoms with Gasteiger partial charge in [-0.05, 0) is 47.3 Å². The molecule has 2 amide bonds. The van der Waals surface area contributed by atoms with Gasteiger partial charge in [-0.3, -0.25) is 14.8 Å². The minimum absolute atomic E-state index is 0.0300. The highest BCUT2D eigenvalue weighted by atomic mass is 32.1. The van der Waals surface area contributed by atoms with Crippen LogP contribution in [0.1, 0.15) is 20.7 Å².